The van der Waals surface area contributed by atoms with E-state index in [9.17, 15) is 4.79 Å². The van der Waals surface area contributed by atoms with Crippen molar-refractivity contribution in [3.05, 3.63) is 12.3 Å². The molecule has 0 spiro atoms. The second-order valence-electron chi connectivity index (χ2n) is 6.15. The molecule has 2 heterocycles. The van der Waals surface area contributed by atoms with Crippen LogP contribution < -0.4 is 16.0 Å². The molecule has 1 amide bonds. The lowest BCUT2D eigenvalue weighted by Crippen LogP contribution is -2.38. The van der Waals surface area contributed by atoms with Crippen molar-refractivity contribution in [3.8, 4) is 0 Å². The van der Waals surface area contributed by atoms with Crippen molar-refractivity contribution < 1.29 is 4.79 Å². The Morgan fingerprint density at radius 1 is 1.43 bits per heavy atom. The van der Waals surface area contributed by atoms with Gasteiger partial charge in [-0.1, -0.05) is 12.8 Å². The van der Waals surface area contributed by atoms with Gasteiger partial charge in [0.2, 0.25) is 5.91 Å². The first kappa shape index (κ1) is 14.4. The number of rotatable bonds is 6. The quantitative estimate of drug-likeness (QED) is 0.683. The summed E-state index contributed by atoms with van der Waals surface area (Å²) in [4.78, 5) is 11.8. The van der Waals surface area contributed by atoms with Crippen LogP contribution in [0.4, 0.5) is 5.82 Å². The number of nitrogens with one attached hydrogen (secondary N) is 3. The Labute approximate surface area is 125 Å². The van der Waals surface area contributed by atoms with Gasteiger partial charge in [0.05, 0.1) is 6.20 Å². The Morgan fingerprint density at radius 2 is 2.29 bits per heavy atom. The van der Waals surface area contributed by atoms with E-state index in [0.29, 0.717) is 18.4 Å². The van der Waals surface area contributed by atoms with Crippen molar-refractivity contribution in [2.75, 3.05) is 25.0 Å². The van der Waals surface area contributed by atoms with Gasteiger partial charge < -0.3 is 16.0 Å². The summed E-state index contributed by atoms with van der Waals surface area (Å²) < 4.78 is 2.00. The third-order valence-corrected chi connectivity index (χ3v) is 4.40. The maximum Gasteiger partial charge on any atom is 0.221 e. The SMILES string of the molecule is O=C(CCNCC1CNc2ccnn2C1)NC1CCCC1. The Hall–Kier alpha value is -1.56. The molecule has 0 saturated heterocycles. The van der Waals surface area contributed by atoms with Gasteiger partial charge in [0.25, 0.3) is 0 Å². The summed E-state index contributed by atoms with van der Waals surface area (Å²) in [7, 11) is 0. The first-order valence-corrected chi connectivity index (χ1v) is 8.07. The summed E-state index contributed by atoms with van der Waals surface area (Å²) in [5.74, 6) is 1.81. The standard InChI is InChI=1S/C15H25N5O/c21-15(19-13-3-1-2-4-13)6-7-16-9-12-10-17-14-5-8-18-20(14)11-12/h5,8,12-13,16-17H,1-4,6-7,9-11H2,(H,19,21). The highest BCUT2D eigenvalue weighted by Gasteiger charge is 2.18. The zero-order valence-corrected chi connectivity index (χ0v) is 12.5. The summed E-state index contributed by atoms with van der Waals surface area (Å²) in [6, 6.07) is 2.43. The Kier molecular flexibility index (Phi) is 4.75. The Morgan fingerprint density at radius 3 is 3.14 bits per heavy atom. The monoisotopic (exact) mass is 291 g/mol. The van der Waals surface area contributed by atoms with Crippen molar-refractivity contribution >= 4 is 11.7 Å². The number of anilines is 1. The summed E-state index contributed by atoms with van der Waals surface area (Å²) in [5.41, 5.74) is 0. The molecule has 1 aliphatic heterocycles. The van der Waals surface area contributed by atoms with E-state index in [2.05, 4.69) is 21.0 Å². The summed E-state index contributed by atoms with van der Waals surface area (Å²) in [6.45, 7) is 3.58. The molecule has 1 aromatic heterocycles. The number of fused-ring (bicyclic) bond motifs is 1. The molecule has 1 aliphatic carbocycles. The van der Waals surface area contributed by atoms with Gasteiger partial charge in [-0.05, 0) is 12.8 Å². The van der Waals surface area contributed by atoms with Crippen molar-refractivity contribution in [2.24, 2.45) is 5.92 Å². The number of hydrogen-bond acceptors (Lipinski definition) is 4. The van der Waals surface area contributed by atoms with E-state index >= 15 is 0 Å². The molecule has 1 unspecified atom stereocenters. The molecule has 1 fully saturated rings. The fourth-order valence-corrected chi connectivity index (χ4v) is 3.20. The summed E-state index contributed by atoms with van der Waals surface area (Å²) in [6.07, 6.45) is 7.22. The van der Waals surface area contributed by atoms with Crippen LogP contribution >= 0.6 is 0 Å². The minimum absolute atomic E-state index is 0.186. The van der Waals surface area contributed by atoms with Crippen LogP contribution in [0.5, 0.6) is 0 Å². The van der Waals surface area contributed by atoms with Crippen molar-refractivity contribution in [1.82, 2.24) is 20.4 Å². The normalized spacial score (nSPS) is 21.8. The highest BCUT2D eigenvalue weighted by Crippen LogP contribution is 2.17. The van der Waals surface area contributed by atoms with Crippen molar-refractivity contribution in [1.29, 1.82) is 0 Å². The van der Waals surface area contributed by atoms with Gasteiger partial charge in [-0.15, -0.1) is 0 Å². The number of nitrogens with zero attached hydrogens (tertiary/aromatic N) is 2. The van der Waals surface area contributed by atoms with E-state index in [1.807, 2.05) is 16.9 Å². The molecule has 0 bridgehead atoms. The van der Waals surface area contributed by atoms with Crippen LogP contribution in [0.2, 0.25) is 0 Å². The molecule has 1 saturated carbocycles. The predicted octanol–water partition coefficient (Wildman–Crippen LogP) is 0.963. The average Bonchev–Trinajstić information content (AvgIpc) is 3.14. The fraction of sp³-hybridized carbons (Fsp3) is 0.733. The Balaban J connectivity index is 1.29. The van der Waals surface area contributed by atoms with Crippen LogP contribution in [0.1, 0.15) is 32.1 Å². The van der Waals surface area contributed by atoms with E-state index in [4.69, 9.17) is 0 Å². The molecule has 6 nitrogen and oxygen atoms in total. The first-order chi connectivity index (χ1) is 10.3. The smallest absolute Gasteiger partial charge is 0.221 e. The molecule has 2 aliphatic rings. The van der Waals surface area contributed by atoms with E-state index in [1.165, 1.54) is 12.8 Å². The third-order valence-electron chi connectivity index (χ3n) is 4.40. The molecular formula is C15H25N5O. The summed E-state index contributed by atoms with van der Waals surface area (Å²) >= 11 is 0. The molecule has 1 aromatic rings. The van der Waals surface area contributed by atoms with Crippen molar-refractivity contribution in [3.63, 3.8) is 0 Å². The molecule has 3 rings (SSSR count). The van der Waals surface area contributed by atoms with Crippen LogP contribution in [-0.2, 0) is 11.3 Å². The van der Waals surface area contributed by atoms with Crippen molar-refractivity contribution in [2.45, 2.75) is 44.7 Å². The minimum Gasteiger partial charge on any atom is -0.370 e. The lowest BCUT2D eigenvalue weighted by molar-refractivity contribution is -0.121. The number of amides is 1. The molecule has 21 heavy (non-hydrogen) atoms. The minimum atomic E-state index is 0.186. The summed E-state index contributed by atoms with van der Waals surface area (Å²) in [5, 5.41) is 14.2. The van der Waals surface area contributed by atoms with Gasteiger partial charge in [-0.25, -0.2) is 4.68 Å². The number of aromatic nitrogens is 2. The van der Waals surface area contributed by atoms with E-state index in [1.54, 1.807) is 0 Å². The van der Waals surface area contributed by atoms with Crippen LogP contribution in [0.25, 0.3) is 0 Å². The maximum absolute atomic E-state index is 11.8. The molecule has 116 valence electrons. The molecule has 1 atom stereocenters. The highest BCUT2D eigenvalue weighted by atomic mass is 16.1. The zero-order chi connectivity index (χ0) is 14.5. The van der Waals surface area contributed by atoms with Crippen LogP contribution in [0, 0.1) is 5.92 Å². The van der Waals surface area contributed by atoms with Crippen LogP contribution in [0.15, 0.2) is 12.3 Å². The van der Waals surface area contributed by atoms with Gasteiger partial charge in [0, 0.05) is 50.6 Å². The van der Waals surface area contributed by atoms with Gasteiger partial charge in [-0.3, -0.25) is 4.79 Å². The Bertz CT molecular complexity index is 466. The van der Waals surface area contributed by atoms with E-state index < -0.39 is 0 Å². The van der Waals surface area contributed by atoms with E-state index in [0.717, 1.165) is 44.8 Å². The predicted molar refractivity (Wildman–Crippen MR) is 82.1 cm³/mol. The number of carbonyl (C=O) groups excluding carboxylic acids is 1. The molecular weight excluding hydrogens is 266 g/mol. The molecule has 3 N–H and O–H groups in total. The second-order valence-corrected chi connectivity index (χ2v) is 6.15. The lowest BCUT2D eigenvalue weighted by Gasteiger charge is -2.25. The largest absolute Gasteiger partial charge is 0.370 e. The van der Waals surface area contributed by atoms with Crippen LogP contribution in [0.3, 0.4) is 0 Å². The number of hydrogen-bond donors (Lipinski definition) is 3. The maximum atomic E-state index is 11.8. The van der Waals surface area contributed by atoms with Gasteiger partial charge in [-0.2, -0.15) is 5.10 Å². The van der Waals surface area contributed by atoms with E-state index in [-0.39, 0.29) is 5.91 Å². The third kappa shape index (κ3) is 3.97. The second kappa shape index (κ2) is 6.93. The average molecular weight is 291 g/mol. The van der Waals surface area contributed by atoms with Gasteiger partial charge in [0.15, 0.2) is 0 Å². The topological polar surface area (TPSA) is 71.0 Å². The highest BCUT2D eigenvalue weighted by molar-refractivity contribution is 5.76. The van der Waals surface area contributed by atoms with Gasteiger partial charge >= 0.3 is 0 Å². The first-order valence-electron chi connectivity index (χ1n) is 8.07. The van der Waals surface area contributed by atoms with Crippen LogP contribution in [-0.4, -0.2) is 41.4 Å². The lowest BCUT2D eigenvalue weighted by atomic mass is 10.1. The molecule has 6 heteroatoms. The molecule has 0 aromatic carbocycles. The molecule has 0 radical (unpaired) electrons. The zero-order valence-electron chi connectivity index (χ0n) is 12.5. The fourth-order valence-electron chi connectivity index (χ4n) is 3.20. The number of carbonyl (C=O) groups is 1. The van der Waals surface area contributed by atoms with Gasteiger partial charge in [0.1, 0.15) is 5.82 Å².